The molecule has 0 saturated carbocycles. The molecule has 0 aromatic carbocycles. The van der Waals surface area contributed by atoms with Crippen molar-refractivity contribution in [2.45, 2.75) is 83.5 Å². The zero-order valence-corrected chi connectivity index (χ0v) is 20.9. The Kier molecular flexibility index (Phi) is 10.9. The van der Waals surface area contributed by atoms with Gasteiger partial charge in [-0.2, -0.15) is 0 Å². The van der Waals surface area contributed by atoms with Crippen molar-refractivity contribution < 1.29 is 33.7 Å². The van der Waals surface area contributed by atoms with Crippen LogP contribution in [-0.2, 0) is 28.6 Å². The second kappa shape index (κ2) is 13.4. The summed E-state index contributed by atoms with van der Waals surface area (Å²) in [7, 11) is 4.16. The first-order chi connectivity index (χ1) is 16.3. The second-order valence-electron chi connectivity index (χ2n) is 9.59. The fraction of sp³-hybridized carbons (Fsp3) is 0.667. The van der Waals surface area contributed by atoms with E-state index in [0.29, 0.717) is 31.3 Å². The number of aliphatic hydroxyl groups excluding tert-OH is 1. The number of aliphatic hydroxyl groups is 1. The Morgan fingerprint density at radius 3 is 2.12 bits per heavy atom. The minimum Gasteiger partial charge on any atom is -0.512 e. The summed E-state index contributed by atoms with van der Waals surface area (Å²) in [5, 5.41) is 9.93. The van der Waals surface area contributed by atoms with E-state index in [9.17, 15) is 19.5 Å². The van der Waals surface area contributed by atoms with Crippen LogP contribution in [0.15, 0.2) is 35.6 Å². The van der Waals surface area contributed by atoms with E-state index < -0.39 is 0 Å². The van der Waals surface area contributed by atoms with Crippen LogP contribution in [0.2, 0.25) is 0 Å². The zero-order valence-electron chi connectivity index (χ0n) is 20.9. The molecule has 3 aliphatic carbocycles. The molecule has 0 fully saturated rings. The normalized spacial score (nSPS) is 25.9. The minimum absolute atomic E-state index is 0.0971. The van der Waals surface area contributed by atoms with E-state index in [2.05, 4.69) is 33.8 Å². The molecule has 7 heteroatoms. The highest BCUT2D eigenvalue weighted by molar-refractivity contribution is 5.89. The monoisotopic (exact) mass is 476 g/mol. The second-order valence-corrected chi connectivity index (χ2v) is 9.59. The summed E-state index contributed by atoms with van der Waals surface area (Å²) in [6.07, 6.45) is 19.8. The Bertz CT molecular complexity index is 810. The van der Waals surface area contributed by atoms with E-state index in [-0.39, 0.29) is 34.5 Å². The van der Waals surface area contributed by atoms with Gasteiger partial charge in [0.15, 0.2) is 0 Å². The van der Waals surface area contributed by atoms with Crippen LogP contribution in [0.25, 0.3) is 0 Å². The molecule has 3 rings (SSSR count). The summed E-state index contributed by atoms with van der Waals surface area (Å²) >= 11 is 0. The molecule has 0 heterocycles. The van der Waals surface area contributed by atoms with E-state index in [0.717, 1.165) is 51.4 Å². The van der Waals surface area contributed by atoms with Crippen molar-refractivity contribution in [2.24, 2.45) is 10.8 Å². The lowest BCUT2D eigenvalue weighted by Gasteiger charge is -2.36. The Morgan fingerprint density at radius 2 is 1.59 bits per heavy atom. The molecule has 0 amide bonds. The van der Waals surface area contributed by atoms with Crippen LogP contribution >= 0.6 is 0 Å². The summed E-state index contributed by atoms with van der Waals surface area (Å²) in [5.74, 6) is -0.528. The van der Waals surface area contributed by atoms with Crippen LogP contribution in [-0.4, -0.2) is 44.3 Å². The largest absolute Gasteiger partial charge is 0.512 e. The van der Waals surface area contributed by atoms with Crippen molar-refractivity contribution in [1.82, 2.24) is 0 Å². The van der Waals surface area contributed by atoms with Gasteiger partial charge >= 0.3 is 17.9 Å². The van der Waals surface area contributed by atoms with Gasteiger partial charge in [-0.05, 0) is 75.0 Å². The highest BCUT2D eigenvalue weighted by Gasteiger charge is 2.36. The number of hydrogen-bond donors (Lipinski definition) is 1. The first-order valence-electron chi connectivity index (χ1n) is 12.3. The highest BCUT2D eigenvalue weighted by Crippen LogP contribution is 2.45. The van der Waals surface area contributed by atoms with Crippen molar-refractivity contribution >= 4 is 17.9 Å². The quantitative estimate of drug-likeness (QED) is 0.294. The molecule has 0 aromatic rings. The number of esters is 3. The molecule has 34 heavy (non-hydrogen) atoms. The smallest absolute Gasteiger partial charge is 0.337 e. The predicted octanol–water partition coefficient (Wildman–Crippen LogP) is 5.50. The third kappa shape index (κ3) is 8.03. The van der Waals surface area contributed by atoms with E-state index in [1.54, 1.807) is 0 Å². The van der Waals surface area contributed by atoms with E-state index in [4.69, 9.17) is 4.74 Å². The SMILES string of the molecule is COC(=O)C1=C(O)C[C@]2(C=CCCC2)CC1.COC(=O)CCC[C@]1(CC(=O)OC)C=CCCC1. The van der Waals surface area contributed by atoms with Gasteiger partial charge in [-0.15, -0.1) is 0 Å². The van der Waals surface area contributed by atoms with E-state index >= 15 is 0 Å². The summed E-state index contributed by atoms with van der Waals surface area (Å²) in [6, 6.07) is 0. The molecule has 0 unspecified atom stereocenters. The third-order valence-corrected chi connectivity index (χ3v) is 7.21. The lowest BCUT2D eigenvalue weighted by molar-refractivity contribution is -0.143. The summed E-state index contributed by atoms with van der Waals surface area (Å²) < 4.78 is 14.0. The molecule has 0 bridgehead atoms. The third-order valence-electron chi connectivity index (χ3n) is 7.21. The number of allylic oxidation sites excluding steroid dienone is 5. The van der Waals surface area contributed by atoms with Crippen LogP contribution < -0.4 is 0 Å². The Balaban J connectivity index is 0.000000241. The van der Waals surface area contributed by atoms with Gasteiger partial charge in [-0.1, -0.05) is 24.3 Å². The molecule has 0 aliphatic heterocycles. The van der Waals surface area contributed by atoms with Crippen LogP contribution in [0.5, 0.6) is 0 Å². The van der Waals surface area contributed by atoms with Crippen molar-refractivity contribution in [3.63, 3.8) is 0 Å². The number of carbonyl (C=O) groups excluding carboxylic acids is 3. The van der Waals surface area contributed by atoms with Crippen molar-refractivity contribution in [2.75, 3.05) is 21.3 Å². The van der Waals surface area contributed by atoms with Crippen LogP contribution in [0.1, 0.15) is 83.5 Å². The number of ether oxygens (including phenoxy) is 3. The standard InChI is InChI=1S/C14H22O4.C13H18O3/c1-17-12(15)7-6-10-14(11-13(16)18-2)8-4-3-5-9-14;1-16-12(15)10-5-8-13(9-11(10)14)6-3-2-4-7-13/h4,8H,3,5-7,9-11H2,1-2H3;3,6,14H,2,4-5,7-9H2,1H3/t14-;13-/m00/s1. The fourth-order valence-electron chi connectivity index (χ4n) is 5.21. The first-order valence-corrected chi connectivity index (χ1v) is 12.3. The average Bonchev–Trinajstić information content (AvgIpc) is 2.85. The molecule has 1 N–H and O–H groups in total. The molecule has 3 aliphatic rings. The van der Waals surface area contributed by atoms with Gasteiger partial charge in [0, 0.05) is 12.8 Å². The van der Waals surface area contributed by atoms with E-state index in [1.165, 1.54) is 27.8 Å². The maximum Gasteiger partial charge on any atom is 0.337 e. The highest BCUT2D eigenvalue weighted by atomic mass is 16.5. The summed E-state index contributed by atoms with van der Waals surface area (Å²) in [4.78, 5) is 34.0. The van der Waals surface area contributed by atoms with Gasteiger partial charge in [0.1, 0.15) is 5.76 Å². The molecule has 190 valence electrons. The number of rotatable bonds is 7. The van der Waals surface area contributed by atoms with Crippen molar-refractivity contribution in [3.05, 3.63) is 35.6 Å². The molecular formula is C27H40O7. The Morgan fingerprint density at radius 1 is 0.912 bits per heavy atom. The molecule has 0 aromatic heterocycles. The van der Waals surface area contributed by atoms with Gasteiger partial charge < -0.3 is 19.3 Å². The number of carbonyl (C=O) groups is 3. The zero-order chi connectivity index (χ0) is 25.0. The van der Waals surface area contributed by atoms with Crippen LogP contribution in [0.3, 0.4) is 0 Å². The van der Waals surface area contributed by atoms with Gasteiger partial charge in [0.05, 0.1) is 33.3 Å². The van der Waals surface area contributed by atoms with Crippen LogP contribution in [0.4, 0.5) is 0 Å². The van der Waals surface area contributed by atoms with Crippen molar-refractivity contribution in [3.8, 4) is 0 Å². The number of methoxy groups -OCH3 is 3. The Labute approximate surface area is 203 Å². The van der Waals surface area contributed by atoms with Gasteiger partial charge in [-0.3, -0.25) is 9.59 Å². The average molecular weight is 477 g/mol. The molecule has 2 atom stereocenters. The molecule has 7 nitrogen and oxygen atoms in total. The van der Waals surface area contributed by atoms with Crippen molar-refractivity contribution in [1.29, 1.82) is 0 Å². The van der Waals surface area contributed by atoms with Gasteiger partial charge in [0.25, 0.3) is 0 Å². The lowest BCUT2D eigenvalue weighted by Crippen LogP contribution is -2.27. The topological polar surface area (TPSA) is 99.1 Å². The maximum atomic E-state index is 11.5. The Hall–Kier alpha value is -2.57. The molecule has 0 saturated heterocycles. The fourth-order valence-corrected chi connectivity index (χ4v) is 5.21. The molecule has 1 spiro atoms. The lowest BCUT2D eigenvalue weighted by atomic mass is 9.69. The van der Waals surface area contributed by atoms with Gasteiger partial charge in [0.2, 0.25) is 0 Å². The molecular weight excluding hydrogens is 436 g/mol. The summed E-state index contributed by atoms with van der Waals surface area (Å²) in [5.41, 5.74) is 0.436. The minimum atomic E-state index is -0.382. The first kappa shape index (κ1) is 27.7. The number of hydrogen-bond acceptors (Lipinski definition) is 7. The summed E-state index contributed by atoms with van der Waals surface area (Å²) in [6.45, 7) is 0. The van der Waals surface area contributed by atoms with E-state index in [1.807, 2.05) is 0 Å². The predicted molar refractivity (Wildman–Crippen MR) is 129 cm³/mol. The molecule has 0 radical (unpaired) electrons. The van der Waals surface area contributed by atoms with Crippen LogP contribution in [0, 0.1) is 10.8 Å². The maximum absolute atomic E-state index is 11.5. The van der Waals surface area contributed by atoms with Gasteiger partial charge in [-0.25, -0.2) is 4.79 Å².